The number of nitrogens with one attached hydrogen (secondary N) is 1. The number of H-pyrrole nitrogens is 1. The summed E-state index contributed by atoms with van der Waals surface area (Å²) in [4.78, 5) is 12.4. The number of aromatic amines is 1. The number of hydrogen-bond acceptors (Lipinski definition) is 5. The zero-order chi connectivity index (χ0) is 22.3. The first kappa shape index (κ1) is 20.3. The van der Waals surface area contributed by atoms with Crippen molar-refractivity contribution in [1.82, 2.24) is 9.97 Å². The maximum atomic E-state index is 9.05. The summed E-state index contributed by atoms with van der Waals surface area (Å²) < 4.78 is 0. The summed E-state index contributed by atoms with van der Waals surface area (Å²) >= 11 is 0. The number of nitrogens with zero attached hydrogens (tertiary/aromatic N) is 4. The molecule has 6 nitrogen and oxygen atoms in total. The Hall–Kier alpha value is -4.94. The minimum atomic E-state index is -0.210. The highest BCUT2D eigenvalue weighted by molar-refractivity contribution is 5.83. The fraction of sp³-hybridized carbons (Fsp3) is 0. The van der Waals surface area contributed by atoms with Crippen molar-refractivity contribution in [3.63, 3.8) is 0 Å². The number of benzene rings is 3. The molecule has 0 aliphatic carbocycles. The van der Waals surface area contributed by atoms with Crippen LogP contribution in [0.15, 0.2) is 101 Å². The minimum Gasteiger partial charge on any atom is -0.388 e. The molecule has 3 aromatic carbocycles. The Kier molecular flexibility index (Phi) is 5.88. The van der Waals surface area contributed by atoms with Gasteiger partial charge >= 0.3 is 0 Å². The number of allylic oxidation sites excluding steroid dienone is 2. The van der Waals surface area contributed by atoms with Crippen molar-refractivity contribution in [1.29, 1.82) is 10.5 Å². The van der Waals surface area contributed by atoms with E-state index < -0.39 is 0 Å². The van der Waals surface area contributed by atoms with Gasteiger partial charge in [0.15, 0.2) is 5.70 Å². The predicted molar refractivity (Wildman–Crippen MR) is 125 cm³/mol. The third-order valence-corrected chi connectivity index (χ3v) is 4.82. The van der Waals surface area contributed by atoms with Crippen molar-refractivity contribution in [2.24, 2.45) is 10.7 Å². The van der Waals surface area contributed by atoms with Gasteiger partial charge in [0, 0.05) is 22.9 Å². The van der Waals surface area contributed by atoms with E-state index in [-0.39, 0.29) is 11.4 Å². The molecule has 0 saturated heterocycles. The van der Waals surface area contributed by atoms with Crippen LogP contribution in [0.5, 0.6) is 0 Å². The second kappa shape index (κ2) is 9.25. The fourth-order valence-corrected chi connectivity index (χ4v) is 3.21. The number of imidazole rings is 1. The molecule has 32 heavy (non-hydrogen) atoms. The monoisotopic (exact) mass is 414 g/mol. The fourth-order valence-electron chi connectivity index (χ4n) is 3.21. The lowest BCUT2D eigenvalue weighted by Crippen LogP contribution is -1.97. The first-order valence-electron chi connectivity index (χ1n) is 9.85. The van der Waals surface area contributed by atoms with Gasteiger partial charge in [-0.25, -0.2) is 9.98 Å². The van der Waals surface area contributed by atoms with Crippen molar-refractivity contribution in [2.45, 2.75) is 0 Å². The molecule has 0 atom stereocenters. The van der Waals surface area contributed by atoms with Gasteiger partial charge in [0.1, 0.15) is 23.7 Å². The lowest BCUT2D eigenvalue weighted by atomic mass is 10.1. The number of nitrogens with two attached hydrogens (primary N) is 1. The Morgan fingerprint density at radius 1 is 0.812 bits per heavy atom. The maximum Gasteiger partial charge on any atom is 0.174 e. The molecule has 1 heterocycles. The molecule has 0 radical (unpaired) electrons. The zero-order valence-electron chi connectivity index (χ0n) is 17.0. The Labute approximate surface area is 185 Å². The van der Waals surface area contributed by atoms with Gasteiger partial charge in [-0.05, 0) is 5.56 Å². The van der Waals surface area contributed by atoms with Crippen molar-refractivity contribution < 1.29 is 0 Å². The summed E-state index contributed by atoms with van der Waals surface area (Å²) in [6, 6.07) is 31.3. The third-order valence-electron chi connectivity index (χ3n) is 4.82. The lowest BCUT2D eigenvalue weighted by Gasteiger charge is -2.02. The molecule has 0 aliphatic rings. The number of nitriles is 2. The van der Waals surface area contributed by atoms with E-state index in [2.05, 4.69) is 22.1 Å². The predicted octanol–water partition coefficient (Wildman–Crippen LogP) is 5.05. The lowest BCUT2D eigenvalue weighted by molar-refractivity contribution is 1.27. The Morgan fingerprint density at radius 3 is 2.03 bits per heavy atom. The van der Waals surface area contributed by atoms with Gasteiger partial charge in [-0.2, -0.15) is 10.5 Å². The Bertz CT molecular complexity index is 1310. The summed E-state index contributed by atoms with van der Waals surface area (Å²) in [5.74, 6) is 0.748. The minimum absolute atomic E-state index is 0.109. The Balaban J connectivity index is 1.70. The molecular formula is C26H18N6. The first-order valence-corrected chi connectivity index (χ1v) is 9.85. The SMILES string of the molecule is N#C/C(N)=C(C#N)/N=C/c1ccc(-c2nc(-c3ccccc3)c(-c3ccccc3)[nH]2)cc1. The molecular weight excluding hydrogens is 396 g/mol. The van der Waals surface area contributed by atoms with Crippen LogP contribution in [0.3, 0.4) is 0 Å². The second-order valence-electron chi connectivity index (χ2n) is 6.91. The molecule has 0 spiro atoms. The summed E-state index contributed by atoms with van der Waals surface area (Å²) in [7, 11) is 0. The molecule has 6 heteroatoms. The van der Waals surface area contributed by atoms with Crippen LogP contribution >= 0.6 is 0 Å². The van der Waals surface area contributed by atoms with Crippen molar-refractivity contribution in [3.05, 3.63) is 102 Å². The average Bonchev–Trinajstić information content (AvgIpc) is 3.31. The molecule has 0 fully saturated rings. The largest absolute Gasteiger partial charge is 0.388 e. The van der Waals surface area contributed by atoms with Crippen LogP contribution in [-0.2, 0) is 0 Å². The van der Waals surface area contributed by atoms with Crippen molar-refractivity contribution >= 4 is 6.21 Å². The number of aromatic nitrogens is 2. The van der Waals surface area contributed by atoms with Crippen molar-refractivity contribution in [2.75, 3.05) is 0 Å². The maximum absolute atomic E-state index is 9.05. The van der Waals surface area contributed by atoms with E-state index in [4.69, 9.17) is 21.2 Å². The van der Waals surface area contributed by atoms with Gasteiger partial charge in [0.2, 0.25) is 0 Å². The average molecular weight is 414 g/mol. The van der Waals surface area contributed by atoms with Crippen LogP contribution < -0.4 is 5.73 Å². The highest BCUT2D eigenvalue weighted by atomic mass is 14.9. The van der Waals surface area contributed by atoms with Crippen LogP contribution in [0.1, 0.15) is 5.56 Å². The molecule has 152 valence electrons. The van der Waals surface area contributed by atoms with Gasteiger partial charge in [-0.1, -0.05) is 84.9 Å². The van der Waals surface area contributed by atoms with Crippen LogP contribution in [0.2, 0.25) is 0 Å². The summed E-state index contributed by atoms with van der Waals surface area (Å²) in [6.07, 6.45) is 1.50. The van der Waals surface area contributed by atoms with Crippen molar-refractivity contribution in [3.8, 4) is 46.0 Å². The molecule has 0 amide bonds. The van der Waals surface area contributed by atoms with E-state index in [1.54, 1.807) is 6.07 Å². The number of rotatable bonds is 5. The van der Waals surface area contributed by atoms with E-state index in [0.29, 0.717) is 0 Å². The molecule has 0 unspecified atom stereocenters. The third kappa shape index (κ3) is 4.30. The van der Waals surface area contributed by atoms with Gasteiger partial charge in [-0.3, -0.25) is 0 Å². The smallest absolute Gasteiger partial charge is 0.174 e. The van der Waals surface area contributed by atoms with Crippen LogP contribution in [-0.4, -0.2) is 16.2 Å². The van der Waals surface area contributed by atoms with E-state index in [1.165, 1.54) is 6.21 Å². The van der Waals surface area contributed by atoms with E-state index in [0.717, 1.165) is 39.5 Å². The highest BCUT2D eigenvalue weighted by Gasteiger charge is 2.15. The van der Waals surface area contributed by atoms with Gasteiger partial charge in [0.25, 0.3) is 0 Å². The van der Waals surface area contributed by atoms with Crippen LogP contribution in [0.4, 0.5) is 0 Å². The second-order valence-corrected chi connectivity index (χ2v) is 6.91. The number of hydrogen-bond donors (Lipinski definition) is 2. The Morgan fingerprint density at radius 2 is 1.44 bits per heavy atom. The van der Waals surface area contributed by atoms with E-state index >= 15 is 0 Å². The normalized spacial score (nSPS) is 11.6. The molecule has 0 bridgehead atoms. The quantitative estimate of drug-likeness (QED) is 0.351. The topological polar surface area (TPSA) is 115 Å². The summed E-state index contributed by atoms with van der Waals surface area (Å²) in [5.41, 5.74) is 10.8. The van der Waals surface area contributed by atoms with E-state index in [9.17, 15) is 0 Å². The summed E-state index contributed by atoms with van der Waals surface area (Å²) in [6.45, 7) is 0. The highest BCUT2D eigenvalue weighted by Crippen LogP contribution is 2.32. The van der Waals surface area contributed by atoms with Crippen LogP contribution in [0.25, 0.3) is 33.9 Å². The zero-order valence-corrected chi connectivity index (χ0v) is 17.0. The molecule has 3 N–H and O–H groups in total. The van der Waals surface area contributed by atoms with Crippen LogP contribution in [0, 0.1) is 22.7 Å². The molecule has 0 saturated carbocycles. The molecule has 0 aliphatic heterocycles. The standard InChI is InChI=1S/C26H18N6/c27-15-22(29)23(16-28)30-17-18-11-13-21(14-12-18)26-31-24(19-7-3-1-4-8-19)25(32-26)20-9-5-2-6-10-20/h1-14,17H,29H2,(H,31,32)/b23-22-,30-17+. The molecule has 4 aromatic rings. The van der Waals surface area contributed by atoms with Gasteiger partial charge in [-0.15, -0.1) is 0 Å². The van der Waals surface area contributed by atoms with Gasteiger partial charge < -0.3 is 10.7 Å². The molecule has 1 aromatic heterocycles. The van der Waals surface area contributed by atoms with E-state index in [1.807, 2.05) is 78.9 Å². The van der Waals surface area contributed by atoms with Gasteiger partial charge in [0.05, 0.1) is 11.4 Å². The number of aliphatic imine (C=N–C) groups is 1. The first-order chi connectivity index (χ1) is 15.7. The summed E-state index contributed by atoms with van der Waals surface area (Å²) in [5, 5.41) is 17.9. The molecule has 4 rings (SSSR count).